The van der Waals surface area contributed by atoms with Crippen molar-refractivity contribution in [2.24, 2.45) is 5.92 Å². The second kappa shape index (κ2) is 13.2. The first-order chi connectivity index (χ1) is 22.5. The molecule has 4 aromatic rings. The highest BCUT2D eigenvalue weighted by Gasteiger charge is 2.38. The third kappa shape index (κ3) is 7.36. The molecule has 0 spiro atoms. The summed E-state index contributed by atoms with van der Waals surface area (Å²) in [6.45, 7) is -3.43. The number of amides is 1. The van der Waals surface area contributed by atoms with Gasteiger partial charge in [-0.15, -0.1) is 0 Å². The van der Waals surface area contributed by atoms with Crippen molar-refractivity contribution < 1.29 is 30.8 Å². The van der Waals surface area contributed by atoms with E-state index in [1.54, 1.807) is 12.1 Å². The molecule has 0 atom stereocenters. The van der Waals surface area contributed by atoms with Gasteiger partial charge in [0.1, 0.15) is 11.6 Å². The Bertz CT molecular complexity index is 1840. The van der Waals surface area contributed by atoms with Gasteiger partial charge in [-0.2, -0.15) is 23.1 Å². The Labute approximate surface area is 267 Å². The molecule has 47 heavy (non-hydrogen) atoms. The lowest BCUT2D eigenvalue weighted by molar-refractivity contribution is -0.137. The van der Waals surface area contributed by atoms with Crippen molar-refractivity contribution in [3.05, 3.63) is 49.2 Å². The summed E-state index contributed by atoms with van der Waals surface area (Å²) in [7, 11) is -2.17. The zero-order valence-electron chi connectivity index (χ0n) is 25.2. The number of hydrogen-bond donors (Lipinski definition) is 2. The molecule has 2 aliphatic rings. The van der Waals surface area contributed by atoms with E-state index in [2.05, 4.69) is 35.8 Å². The Kier molecular flexibility index (Phi) is 9.11. The zero-order chi connectivity index (χ0) is 33.3. The Hall–Kier alpha value is -4.61. The predicted molar refractivity (Wildman–Crippen MR) is 164 cm³/mol. The molecule has 4 heterocycles. The maximum absolute atomic E-state index is 13.3. The molecular weight excluding hydrogens is 644 g/mol. The Morgan fingerprint density at radius 2 is 1.81 bits per heavy atom. The first kappa shape index (κ1) is 32.3. The zero-order valence-corrected chi connectivity index (χ0v) is 26.0. The minimum atomic E-state index is -3.55. The van der Waals surface area contributed by atoms with Crippen molar-refractivity contribution >= 4 is 33.3 Å². The van der Waals surface area contributed by atoms with E-state index in [0.29, 0.717) is 71.7 Å². The monoisotopic (exact) mass is 676 g/mol. The molecule has 0 aromatic carbocycles. The number of nitrogens with one attached hydrogen (secondary N) is 2. The summed E-state index contributed by atoms with van der Waals surface area (Å²) >= 11 is 0. The van der Waals surface area contributed by atoms with Crippen LogP contribution >= 0.6 is 0 Å². The van der Waals surface area contributed by atoms with E-state index in [4.69, 9.17) is 0 Å². The van der Waals surface area contributed by atoms with Gasteiger partial charge in [-0.1, -0.05) is 0 Å². The van der Waals surface area contributed by atoms with E-state index in [-0.39, 0.29) is 29.4 Å². The van der Waals surface area contributed by atoms with Crippen LogP contribution in [0.1, 0.15) is 45.1 Å². The normalized spacial score (nSPS) is 18.4. The lowest BCUT2D eigenvalue weighted by atomic mass is 9.85. The number of hydrogen-bond acceptors (Lipinski definition) is 10. The molecule has 2 N–H and O–H groups in total. The molecule has 1 amide bonds. The molecule has 0 saturated heterocycles. The highest BCUT2D eigenvalue weighted by Crippen LogP contribution is 2.34. The summed E-state index contributed by atoms with van der Waals surface area (Å²) in [5.41, 5.74) is 1.70. The summed E-state index contributed by atoms with van der Waals surface area (Å²) in [4.78, 5) is 26.9. The summed E-state index contributed by atoms with van der Waals surface area (Å²) in [5, 5.41) is 14.1. The topological polar surface area (TPSA) is 153 Å². The highest BCUT2D eigenvalue weighted by atomic mass is 32.2. The summed E-state index contributed by atoms with van der Waals surface area (Å²) < 4.78 is 78.7. The minimum Gasteiger partial charge on any atom is -0.382 e. The maximum Gasteiger partial charge on any atom is 0.333 e. The van der Waals surface area contributed by atoms with E-state index in [1.165, 1.54) is 44.1 Å². The number of anilines is 3. The van der Waals surface area contributed by atoms with E-state index in [0.717, 1.165) is 8.99 Å². The first-order valence-electron chi connectivity index (χ1n) is 15.0. The second-order valence-electron chi connectivity index (χ2n) is 11.6. The average molecular weight is 677 g/mol. The average Bonchev–Trinajstić information content (AvgIpc) is 3.58. The molecule has 250 valence electrons. The van der Waals surface area contributed by atoms with Gasteiger partial charge in [0.2, 0.25) is 5.91 Å². The largest absolute Gasteiger partial charge is 0.382 e. The first-order valence-corrected chi connectivity index (χ1v) is 16.5. The van der Waals surface area contributed by atoms with Gasteiger partial charge in [0.15, 0.2) is 5.82 Å². The molecule has 0 radical (unpaired) electrons. The quantitative estimate of drug-likeness (QED) is 0.201. The number of rotatable bonds is 12. The fourth-order valence-electron chi connectivity index (χ4n) is 5.53. The number of aromatic nitrogens is 7. The number of halogens is 4. The van der Waals surface area contributed by atoms with Gasteiger partial charge in [0.25, 0.3) is 16.4 Å². The van der Waals surface area contributed by atoms with E-state index < -0.39 is 34.8 Å². The lowest BCUT2D eigenvalue weighted by Crippen LogP contribution is -2.39. The SMILES string of the molecule is CN(CC(F)F)C(=O)C1CCC(Nc2cc(Nc3ccnc(-c4cnn(S(=O)(=O)C5CC5)c4)n3)ncc2-c2ccn(C(F)F)n2)CC1. The van der Waals surface area contributed by atoms with Crippen LogP contribution in [0.3, 0.4) is 0 Å². The number of alkyl halides is 4. The van der Waals surface area contributed by atoms with Crippen molar-refractivity contribution in [1.29, 1.82) is 0 Å². The van der Waals surface area contributed by atoms with Gasteiger partial charge in [-0.3, -0.25) is 4.79 Å². The third-order valence-electron chi connectivity index (χ3n) is 8.15. The summed E-state index contributed by atoms with van der Waals surface area (Å²) in [5.74, 6) is 0.288. The number of nitrogens with zero attached hydrogens (tertiary/aromatic N) is 8. The van der Waals surface area contributed by atoms with Crippen LogP contribution in [0.15, 0.2) is 49.2 Å². The van der Waals surface area contributed by atoms with E-state index >= 15 is 0 Å². The minimum absolute atomic E-state index is 0.0975. The van der Waals surface area contributed by atoms with Gasteiger partial charge in [-0.25, -0.2) is 36.8 Å². The standard InChI is InChI=1S/C29H32F4N10O3S/c1-41(16-24(30)31)28(44)17-2-4-19(5-3-17)37-23-12-26(35-14-21(23)22-9-11-42(40-22)29(32)33)38-25-8-10-34-27(39-25)18-13-36-43(15-18)47(45,46)20-6-7-20/h8-15,17,19-20,24,29H,2-7,16H2,1H3,(H2,34,35,37,38,39). The molecule has 0 unspecified atom stereocenters. The Morgan fingerprint density at radius 1 is 1.04 bits per heavy atom. The van der Waals surface area contributed by atoms with Crippen LogP contribution in [-0.2, 0) is 14.8 Å². The summed E-state index contributed by atoms with van der Waals surface area (Å²) in [6, 6.07) is 4.65. The van der Waals surface area contributed by atoms with Crippen molar-refractivity contribution in [3.8, 4) is 22.6 Å². The molecule has 0 bridgehead atoms. The smallest absolute Gasteiger partial charge is 0.333 e. The molecular formula is C29H32F4N10O3S. The van der Waals surface area contributed by atoms with Crippen LogP contribution < -0.4 is 10.6 Å². The van der Waals surface area contributed by atoms with Crippen molar-refractivity contribution in [2.45, 2.75) is 62.8 Å². The number of carbonyl (C=O) groups is 1. The van der Waals surface area contributed by atoms with Gasteiger partial charge in [0, 0.05) is 54.9 Å². The van der Waals surface area contributed by atoms with Crippen LogP contribution in [0.5, 0.6) is 0 Å². The molecule has 6 rings (SSSR count). The Balaban J connectivity index is 1.20. The molecule has 18 heteroatoms. The number of carbonyl (C=O) groups excluding carboxylic acids is 1. The van der Waals surface area contributed by atoms with Crippen LogP contribution in [-0.4, -0.2) is 84.5 Å². The summed E-state index contributed by atoms with van der Waals surface area (Å²) in [6.07, 6.45) is 7.67. The third-order valence-corrected chi connectivity index (χ3v) is 10.2. The van der Waals surface area contributed by atoms with Gasteiger partial charge < -0.3 is 15.5 Å². The van der Waals surface area contributed by atoms with Gasteiger partial charge in [-0.05, 0) is 50.7 Å². The second-order valence-corrected chi connectivity index (χ2v) is 13.7. The number of pyridine rings is 1. The van der Waals surface area contributed by atoms with Crippen LogP contribution in [0.25, 0.3) is 22.6 Å². The predicted octanol–water partition coefficient (Wildman–Crippen LogP) is 4.77. The molecule has 2 aliphatic carbocycles. The van der Waals surface area contributed by atoms with Gasteiger partial charge in [0.05, 0.1) is 35.4 Å². The lowest BCUT2D eigenvalue weighted by Gasteiger charge is -2.31. The van der Waals surface area contributed by atoms with E-state index in [9.17, 15) is 30.8 Å². The fraction of sp³-hybridized carbons (Fsp3) is 0.448. The van der Waals surface area contributed by atoms with Crippen molar-refractivity contribution in [3.63, 3.8) is 0 Å². The van der Waals surface area contributed by atoms with Crippen LogP contribution in [0, 0.1) is 5.92 Å². The van der Waals surface area contributed by atoms with Crippen LogP contribution in [0.2, 0.25) is 0 Å². The molecule has 0 aliphatic heterocycles. The van der Waals surface area contributed by atoms with Crippen LogP contribution in [0.4, 0.5) is 34.9 Å². The van der Waals surface area contributed by atoms with Crippen molar-refractivity contribution in [2.75, 3.05) is 24.2 Å². The highest BCUT2D eigenvalue weighted by molar-refractivity contribution is 7.90. The molecule has 13 nitrogen and oxygen atoms in total. The molecule has 2 saturated carbocycles. The Morgan fingerprint density at radius 3 is 2.49 bits per heavy atom. The fourth-order valence-corrected chi connectivity index (χ4v) is 7.00. The molecule has 4 aromatic heterocycles. The van der Waals surface area contributed by atoms with Crippen molar-refractivity contribution in [1.82, 2.24) is 38.8 Å². The van der Waals surface area contributed by atoms with E-state index in [1.807, 2.05) is 0 Å². The molecule has 2 fully saturated rings. The van der Waals surface area contributed by atoms with Gasteiger partial charge >= 0.3 is 6.55 Å². The maximum atomic E-state index is 13.3.